The number of nitrogens with one attached hydrogen (secondary N) is 2. The molecule has 0 unspecified atom stereocenters. The van der Waals surface area contributed by atoms with Crippen molar-refractivity contribution in [3.63, 3.8) is 0 Å². The molecule has 0 saturated carbocycles. The van der Waals surface area contributed by atoms with E-state index in [1.165, 1.54) is 0 Å². The molecule has 0 spiro atoms. The van der Waals surface area contributed by atoms with Gasteiger partial charge in [-0.1, -0.05) is 5.92 Å². The number of carbonyl (C=O) groups is 2. The zero-order valence-electron chi connectivity index (χ0n) is 8.09. The van der Waals surface area contributed by atoms with Crippen LogP contribution < -0.4 is 10.6 Å². The van der Waals surface area contributed by atoms with Gasteiger partial charge in [-0.05, 0) is 13.3 Å². The molecule has 5 nitrogen and oxygen atoms in total. The number of rotatable bonds is 5. The van der Waals surface area contributed by atoms with Crippen LogP contribution >= 0.6 is 0 Å². The van der Waals surface area contributed by atoms with Gasteiger partial charge in [-0.15, -0.1) is 5.92 Å². The Hall–Kier alpha value is -1.70. The van der Waals surface area contributed by atoms with Crippen molar-refractivity contribution in [3.8, 4) is 11.8 Å². The van der Waals surface area contributed by atoms with E-state index in [9.17, 15) is 9.59 Å². The third-order valence-corrected chi connectivity index (χ3v) is 1.37. The Balaban J connectivity index is 3.34. The molecule has 2 amide bonds. The first kappa shape index (κ1) is 12.3. The van der Waals surface area contributed by atoms with Gasteiger partial charge in [0.1, 0.15) is 0 Å². The molecule has 0 heterocycles. The summed E-state index contributed by atoms with van der Waals surface area (Å²) in [5.41, 5.74) is 0. The van der Waals surface area contributed by atoms with Crippen molar-refractivity contribution in [1.82, 2.24) is 10.6 Å². The lowest BCUT2D eigenvalue weighted by Crippen LogP contribution is -2.36. The Bertz CT molecular complexity index is 253. The fraction of sp³-hybridized carbons (Fsp3) is 0.556. The Morgan fingerprint density at radius 1 is 1.36 bits per heavy atom. The fourth-order valence-electron chi connectivity index (χ4n) is 0.717. The summed E-state index contributed by atoms with van der Waals surface area (Å²) in [5, 5.41) is 13.3. The Kier molecular flexibility index (Phi) is 6.96. The van der Waals surface area contributed by atoms with Crippen LogP contribution in [0.25, 0.3) is 0 Å². The van der Waals surface area contributed by atoms with Gasteiger partial charge in [0.05, 0.1) is 6.54 Å². The van der Waals surface area contributed by atoms with Crippen LogP contribution in [0.15, 0.2) is 0 Å². The predicted octanol–water partition coefficient (Wildman–Crippen LogP) is 0.174. The number of aliphatic carboxylic acids is 1. The standard InChI is InChI=1S/C9H14N2O3/c1-2-3-6-10-9(14)11-7-4-5-8(12)13/h4-7H2,1H3,(H,12,13)(H2,10,11,14). The molecule has 0 fully saturated rings. The molecule has 78 valence electrons. The van der Waals surface area contributed by atoms with Gasteiger partial charge >= 0.3 is 12.0 Å². The smallest absolute Gasteiger partial charge is 0.315 e. The summed E-state index contributed by atoms with van der Waals surface area (Å²) in [4.78, 5) is 21.0. The Morgan fingerprint density at radius 3 is 2.64 bits per heavy atom. The third kappa shape index (κ3) is 8.40. The molecule has 0 radical (unpaired) electrons. The summed E-state index contributed by atoms with van der Waals surface area (Å²) in [6.07, 6.45) is 0.497. The van der Waals surface area contributed by atoms with Crippen molar-refractivity contribution >= 4 is 12.0 Å². The van der Waals surface area contributed by atoms with Crippen LogP contribution in [0.2, 0.25) is 0 Å². The maximum absolute atomic E-state index is 10.9. The molecule has 0 aromatic carbocycles. The molecule has 0 aromatic heterocycles. The lowest BCUT2D eigenvalue weighted by atomic mass is 10.3. The molecule has 0 aromatic rings. The maximum Gasteiger partial charge on any atom is 0.315 e. The molecule has 0 atom stereocenters. The highest BCUT2D eigenvalue weighted by Crippen LogP contribution is 1.85. The van der Waals surface area contributed by atoms with Gasteiger partial charge in [0, 0.05) is 13.0 Å². The number of carboxylic acids is 1. The maximum atomic E-state index is 10.9. The van der Waals surface area contributed by atoms with Gasteiger partial charge in [-0.3, -0.25) is 4.79 Å². The van der Waals surface area contributed by atoms with E-state index in [1.54, 1.807) is 6.92 Å². The van der Waals surface area contributed by atoms with E-state index in [4.69, 9.17) is 5.11 Å². The van der Waals surface area contributed by atoms with E-state index in [1.807, 2.05) is 0 Å². The Labute approximate surface area is 82.9 Å². The highest BCUT2D eigenvalue weighted by atomic mass is 16.4. The fourth-order valence-corrected chi connectivity index (χ4v) is 0.717. The molecule has 0 aliphatic heterocycles. The van der Waals surface area contributed by atoms with Crippen molar-refractivity contribution in [2.45, 2.75) is 19.8 Å². The second-order valence-corrected chi connectivity index (χ2v) is 2.53. The van der Waals surface area contributed by atoms with Crippen molar-refractivity contribution in [2.24, 2.45) is 0 Å². The lowest BCUT2D eigenvalue weighted by Gasteiger charge is -2.03. The van der Waals surface area contributed by atoms with Crippen molar-refractivity contribution < 1.29 is 14.7 Å². The minimum Gasteiger partial charge on any atom is -0.481 e. The Morgan fingerprint density at radius 2 is 2.07 bits per heavy atom. The average Bonchev–Trinajstić information content (AvgIpc) is 2.13. The summed E-state index contributed by atoms with van der Waals surface area (Å²) in [6.45, 7) is 2.35. The lowest BCUT2D eigenvalue weighted by molar-refractivity contribution is -0.137. The second kappa shape index (κ2) is 7.92. The second-order valence-electron chi connectivity index (χ2n) is 2.53. The van der Waals surface area contributed by atoms with Crippen LogP contribution in [0.3, 0.4) is 0 Å². The molecule has 14 heavy (non-hydrogen) atoms. The quantitative estimate of drug-likeness (QED) is 0.435. The van der Waals surface area contributed by atoms with E-state index in [0.29, 0.717) is 19.5 Å². The largest absolute Gasteiger partial charge is 0.481 e. The molecule has 0 saturated heterocycles. The van der Waals surface area contributed by atoms with Crippen LogP contribution in [-0.2, 0) is 4.79 Å². The summed E-state index contributed by atoms with van der Waals surface area (Å²) < 4.78 is 0. The molecule has 0 aliphatic carbocycles. The van der Waals surface area contributed by atoms with Crippen LogP contribution in [0.5, 0.6) is 0 Å². The minimum absolute atomic E-state index is 0.0645. The van der Waals surface area contributed by atoms with Gasteiger partial charge in [0.25, 0.3) is 0 Å². The molecule has 0 rings (SSSR count). The third-order valence-electron chi connectivity index (χ3n) is 1.37. The number of urea groups is 1. The average molecular weight is 198 g/mol. The number of hydrogen-bond acceptors (Lipinski definition) is 2. The zero-order valence-corrected chi connectivity index (χ0v) is 8.09. The van der Waals surface area contributed by atoms with Gasteiger partial charge in [-0.2, -0.15) is 0 Å². The van der Waals surface area contributed by atoms with Crippen molar-refractivity contribution in [3.05, 3.63) is 0 Å². The highest BCUT2D eigenvalue weighted by molar-refractivity contribution is 5.74. The molecule has 0 bridgehead atoms. The highest BCUT2D eigenvalue weighted by Gasteiger charge is 1.99. The molecule has 3 N–H and O–H groups in total. The van der Waals surface area contributed by atoms with Crippen LogP contribution in [0.1, 0.15) is 19.8 Å². The summed E-state index contributed by atoms with van der Waals surface area (Å²) in [5.74, 6) is 4.45. The topological polar surface area (TPSA) is 78.4 Å². The predicted molar refractivity (Wildman–Crippen MR) is 51.7 cm³/mol. The SMILES string of the molecule is CC#CCNC(=O)NCCCC(=O)O. The molecule has 5 heteroatoms. The van der Waals surface area contributed by atoms with Crippen LogP contribution in [0, 0.1) is 11.8 Å². The van der Waals surface area contributed by atoms with E-state index < -0.39 is 5.97 Å². The summed E-state index contributed by atoms with van der Waals surface area (Å²) in [6, 6.07) is -0.321. The number of carboxylic acid groups (broad SMARTS) is 1. The van der Waals surface area contributed by atoms with Gasteiger partial charge < -0.3 is 15.7 Å². The van der Waals surface area contributed by atoms with E-state index in [2.05, 4.69) is 22.5 Å². The minimum atomic E-state index is -0.857. The number of carbonyl (C=O) groups excluding carboxylic acids is 1. The zero-order chi connectivity index (χ0) is 10.8. The van der Waals surface area contributed by atoms with Crippen LogP contribution in [-0.4, -0.2) is 30.2 Å². The van der Waals surface area contributed by atoms with Gasteiger partial charge in [0.2, 0.25) is 0 Å². The first-order valence-electron chi connectivity index (χ1n) is 4.30. The summed E-state index contributed by atoms with van der Waals surface area (Å²) >= 11 is 0. The molecular formula is C9H14N2O3. The molecular weight excluding hydrogens is 184 g/mol. The van der Waals surface area contributed by atoms with E-state index in [-0.39, 0.29) is 12.5 Å². The number of amides is 2. The monoisotopic (exact) mass is 198 g/mol. The first-order chi connectivity index (χ1) is 6.66. The first-order valence-corrected chi connectivity index (χ1v) is 4.30. The van der Waals surface area contributed by atoms with Crippen LogP contribution in [0.4, 0.5) is 4.79 Å². The normalized spacial score (nSPS) is 8.36. The summed E-state index contributed by atoms with van der Waals surface area (Å²) in [7, 11) is 0. The van der Waals surface area contributed by atoms with Gasteiger partial charge in [0.15, 0.2) is 0 Å². The number of hydrogen-bond donors (Lipinski definition) is 3. The van der Waals surface area contributed by atoms with E-state index >= 15 is 0 Å². The van der Waals surface area contributed by atoms with E-state index in [0.717, 1.165) is 0 Å². The van der Waals surface area contributed by atoms with Crippen molar-refractivity contribution in [1.29, 1.82) is 0 Å². The molecule has 0 aliphatic rings. The van der Waals surface area contributed by atoms with Crippen molar-refractivity contribution in [2.75, 3.05) is 13.1 Å². The van der Waals surface area contributed by atoms with Gasteiger partial charge in [-0.25, -0.2) is 4.79 Å².